The molecule has 4 nitrogen and oxygen atoms in total. The molecule has 0 N–H and O–H groups in total. The van der Waals surface area contributed by atoms with Crippen LogP contribution in [0.5, 0.6) is 0 Å². The van der Waals surface area contributed by atoms with Gasteiger partial charge in [-0.25, -0.2) is 0 Å². The first-order chi connectivity index (χ1) is 9.25. The van der Waals surface area contributed by atoms with Crippen LogP contribution in [0.15, 0.2) is 0 Å². The lowest BCUT2D eigenvalue weighted by atomic mass is 9.89. The predicted molar refractivity (Wildman–Crippen MR) is 78.6 cm³/mol. The molecule has 0 aromatic carbocycles. The summed E-state index contributed by atoms with van der Waals surface area (Å²) in [5, 5.41) is 0. The molecule has 2 unspecified atom stereocenters. The number of carbonyl (C=O) groups is 1. The van der Waals surface area contributed by atoms with E-state index in [2.05, 4.69) is 32.6 Å². The molecule has 2 heterocycles. The number of hydrogen-bond acceptors (Lipinski definition) is 4. The molecule has 2 saturated heterocycles. The molecule has 20 heavy (non-hydrogen) atoms. The van der Waals surface area contributed by atoms with Crippen molar-refractivity contribution < 1.29 is 14.3 Å². The SMILES string of the molecule is CCOC(=O)C1CCCN(C2CC(C)(C)OC2(C)C)C1. The number of rotatable bonds is 3. The van der Waals surface area contributed by atoms with Crippen molar-refractivity contribution in [3.8, 4) is 0 Å². The lowest BCUT2D eigenvalue weighted by Crippen LogP contribution is -2.51. The zero-order valence-electron chi connectivity index (χ0n) is 13.6. The van der Waals surface area contributed by atoms with Gasteiger partial charge in [0.15, 0.2) is 0 Å². The molecule has 2 aliphatic rings. The molecular weight excluding hydrogens is 254 g/mol. The normalized spacial score (nSPS) is 33.0. The van der Waals surface area contributed by atoms with Crippen molar-refractivity contribution in [3.05, 3.63) is 0 Å². The van der Waals surface area contributed by atoms with E-state index >= 15 is 0 Å². The Balaban J connectivity index is 2.04. The highest BCUT2D eigenvalue weighted by Crippen LogP contribution is 2.41. The van der Waals surface area contributed by atoms with Gasteiger partial charge < -0.3 is 9.47 Å². The van der Waals surface area contributed by atoms with Crippen LogP contribution in [0.2, 0.25) is 0 Å². The van der Waals surface area contributed by atoms with Crippen molar-refractivity contribution >= 4 is 5.97 Å². The van der Waals surface area contributed by atoms with Gasteiger partial charge in [-0.05, 0) is 60.4 Å². The van der Waals surface area contributed by atoms with Gasteiger partial charge in [-0.1, -0.05) is 0 Å². The summed E-state index contributed by atoms with van der Waals surface area (Å²) < 4.78 is 11.4. The number of hydrogen-bond donors (Lipinski definition) is 0. The molecule has 0 spiro atoms. The average Bonchev–Trinajstić information content (AvgIpc) is 2.58. The van der Waals surface area contributed by atoms with Crippen molar-refractivity contribution in [1.82, 2.24) is 4.90 Å². The highest BCUT2D eigenvalue weighted by atomic mass is 16.5. The van der Waals surface area contributed by atoms with Crippen LogP contribution in [0.25, 0.3) is 0 Å². The number of nitrogens with zero attached hydrogens (tertiary/aromatic N) is 1. The van der Waals surface area contributed by atoms with Crippen LogP contribution in [-0.2, 0) is 14.3 Å². The number of piperidine rings is 1. The van der Waals surface area contributed by atoms with E-state index < -0.39 is 0 Å². The molecule has 4 heteroatoms. The fourth-order valence-corrected chi connectivity index (χ4v) is 3.84. The fraction of sp³-hybridized carbons (Fsp3) is 0.938. The number of ether oxygens (including phenoxy) is 2. The topological polar surface area (TPSA) is 38.8 Å². The van der Waals surface area contributed by atoms with E-state index in [1.54, 1.807) is 0 Å². The predicted octanol–water partition coefficient (Wildman–Crippen LogP) is 2.61. The van der Waals surface area contributed by atoms with Gasteiger partial charge in [0.2, 0.25) is 0 Å². The summed E-state index contributed by atoms with van der Waals surface area (Å²) in [5.41, 5.74) is -0.231. The molecule has 2 aliphatic heterocycles. The molecule has 0 aromatic heterocycles. The van der Waals surface area contributed by atoms with Gasteiger partial charge in [-0.3, -0.25) is 9.69 Å². The monoisotopic (exact) mass is 283 g/mol. The number of esters is 1. The van der Waals surface area contributed by atoms with Crippen molar-refractivity contribution in [2.45, 2.75) is 71.1 Å². The van der Waals surface area contributed by atoms with Gasteiger partial charge in [0.1, 0.15) is 0 Å². The summed E-state index contributed by atoms with van der Waals surface area (Å²) in [4.78, 5) is 14.4. The van der Waals surface area contributed by atoms with Crippen molar-refractivity contribution in [3.63, 3.8) is 0 Å². The summed E-state index contributed by atoms with van der Waals surface area (Å²) in [6.07, 6.45) is 3.04. The van der Waals surface area contributed by atoms with Crippen molar-refractivity contribution in [2.24, 2.45) is 5.92 Å². The summed E-state index contributed by atoms with van der Waals surface area (Å²) in [6, 6.07) is 0.384. The Kier molecular flexibility index (Phi) is 4.45. The molecule has 2 rings (SSSR count). The van der Waals surface area contributed by atoms with Crippen LogP contribution >= 0.6 is 0 Å². The molecule has 0 amide bonds. The van der Waals surface area contributed by atoms with Gasteiger partial charge in [-0.15, -0.1) is 0 Å². The van der Waals surface area contributed by atoms with E-state index in [0.717, 1.165) is 32.4 Å². The lowest BCUT2D eigenvalue weighted by Gasteiger charge is -2.40. The van der Waals surface area contributed by atoms with E-state index in [-0.39, 0.29) is 23.1 Å². The third kappa shape index (κ3) is 3.34. The lowest BCUT2D eigenvalue weighted by molar-refractivity contribution is -0.151. The van der Waals surface area contributed by atoms with Gasteiger partial charge in [0.25, 0.3) is 0 Å². The van der Waals surface area contributed by atoms with E-state index in [4.69, 9.17) is 9.47 Å². The van der Waals surface area contributed by atoms with E-state index in [9.17, 15) is 4.79 Å². The second-order valence-corrected chi connectivity index (χ2v) is 7.27. The third-order valence-corrected chi connectivity index (χ3v) is 4.54. The molecule has 0 aromatic rings. The minimum absolute atomic E-state index is 0.0308. The average molecular weight is 283 g/mol. The smallest absolute Gasteiger partial charge is 0.310 e. The second-order valence-electron chi connectivity index (χ2n) is 7.27. The number of likely N-dealkylation sites (tertiary alicyclic amines) is 1. The Morgan fingerprint density at radius 1 is 1.35 bits per heavy atom. The van der Waals surface area contributed by atoms with Crippen LogP contribution in [0.4, 0.5) is 0 Å². The Labute approximate surface area is 122 Å². The first-order valence-electron chi connectivity index (χ1n) is 7.86. The van der Waals surface area contributed by atoms with Gasteiger partial charge in [0, 0.05) is 12.6 Å². The molecule has 0 radical (unpaired) electrons. The number of carbonyl (C=O) groups excluding carboxylic acids is 1. The van der Waals surface area contributed by atoms with Gasteiger partial charge in [0.05, 0.1) is 23.7 Å². The van der Waals surface area contributed by atoms with Crippen LogP contribution in [-0.4, -0.2) is 47.8 Å². The Hall–Kier alpha value is -0.610. The Morgan fingerprint density at radius 3 is 2.60 bits per heavy atom. The van der Waals surface area contributed by atoms with E-state index in [1.807, 2.05) is 6.92 Å². The van der Waals surface area contributed by atoms with Crippen molar-refractivity contribution in [2.75, 3.05) is 19.7 Å². The largest absolute Gasteiger partial charge is 0.466 e. The Bertz CT molecular complexity index is 365. The maximum atomic E-state index is 12.0. The third-order valence-electron chi connectivity index (χ3n) is 4.54. The maximum Gasteiger partial charge on any atom is 0.310 e. The highest BCUT2D eigenvalue weighted by molar-refractivity contribution is 5.72. The van der Waals surface area contributed by atoms with Gasteiger partial charge >= 0.3 is 5.97 Å². The molecule has 0 bridgehead atoms. The molecule has 0 aliphatic carbocycles. The first-order valence-corrected chi connectivity index (χ1v) is 7.86. The second kappa shape index (κ2) is 5.64. The van der Waals surface area contributed by atoms with Gasteiger partial charge in [-0.2, -0.15) is 0 Å². The fourth-order valence-electron chi connectivity index (χ4n) is 3.84. The minimum Gasteiger partial charge on any atom is -0.466 e. The summed E-state index contributed by atoms with van der Waals surface area (Å²) >= 11 is 0. The highest BCUT2D eigenvalue weighted by Gasteiger charge is 2.49. The maximum absolute atomic E-state index is 12.0. The Morgan fingerprint density at radius 2 is 2.05 bits per heavy atom. The summed E-state index contributed by atoms with van der Waals surface area (Å²) in [7, 11) is 0. The van der Waals surface area contributed by atoms with Crippen molar-refractivity contribution in [1.29, 1.82) is 0 Å². The van der Waals surface area contributed by atoms with Crippen LogP contribution in [0, 0.1) is 5.92 Å². The summed E-state index contributed by atoms with van der Waals surface area (Å²) in [5.74, 6) is -0.00334. The molecule has 0 saturated carbocycles. The van der Waals surface area contributed by atoms with Crippen LogP contribution in [0.1, 0.15) is 53.9 Å². The molecule has 2 fully saturated rings. The molecule has 116 valence electrons. The summed E-state index contributed by atoms with van der Waals surface area (Å²) in [6.45, 7) is 12.9. The molecule has 2 atom stereocenters. The van der Waals surface area contributed by atoms with E-state index in [0.29, 0.717) is 12.6 Å². The minimum atomic E-state index is -0.153. The molecular formula is C16H29NO3. The van der Waals surface area contributed by atoms with Crippen LogP contribution in [0.3, 0.4) is 0 Å². The van der Waals surface area contributed by atoms with Crippen LogP contribution < -0.4 is 0 Å². The standard InChI is InChI=1S/C16H29NO3/c1-6-19-14(18)12-8-7-9-17(11-12)13-10-15(2,3)20-16(13,4)5/h12-13H,6-11H2,1-5H3. The quantitative estimate of drug-likeness (QED) is 0.746. The zero-order valence-corrected chi connectivity index (χ0v) is 13.6. The first kappa shape index (κ1) is 15.8. The zero-order chi connectivity index (χ0) is 15.0. The van der Waals surface area contributed by atoms with E-state index in [1.165, 1.54) is 0 Å².